The van der Waals surface area contributed by atoms with Crippen LogP contribution in [0.5, 0.6) is 5.75 Å². The molecule has 0 bridgehead atoms. The maximum absolute atomic E-state index is 11.7. The number of unbranched alkanes of at least 4 members (excludes halogenated alkanes) is 1. The van der Waals surface area contributed by atoms with Crippen LogP contribution < -0.4 is 10.4 Å². The molecular weight excluding hydrogens is 324 g/mol. The minimum Gasteiger partial charge on any atom is -0.486 e. The number of benzene rings is 1. The van der Waals surface area contributed by atoms with Gasteiger partial charge in [-0.25, -0.2) is 9.59 Å². The fourth-order valence-electron chi connectivity index (χ4n) is 2.60. The summed E-state index contributed by atoms with van der Waals surface area (Å²) in [5.41, 5.74) is 1.06. The first kappa shape index (κ1) is 16.8. The van der Waals surface area contributed by atoms with Crippen molar-refractivity contribution >= 4 is 16.9 Å². The van der Waals surface area contributed by atoms with Crippen LogP contribution in [0.4, 0.5) is 0 Å². The van der Waals surface area contributed by atoms with Crippen molar-refractivity contribution in [1.82, 2.24) is 0 Å². The smallest absolute Gasteiger partial charge is 0.371 e. The van der Waals surface area contributed by atoms with Crippen LogP contribution in [-0.4, -0.2) is 11.1 Å². The summed E-state index contributed by atoms with van der Waals surface area (Å²) in [6.07, 6.45) is 2.87. The number of fused-ring (bicyclic) bond motifs is 1. The zero-order valence-corrected chi connectivity index (χ0v) is 13.8. The zero-order valence-electron chi connectivity index (χ0n) is 13.8. The normalized spacial score (nSPS) is 10.9. The van der Waals surface area contributed by atoms with Gasteiger partial charge in [0.25, 0.3) is 0 Å². The van der Waals surface area contributed by atoms with Gasteiger partial charge < -0.3 is 18.7 Å². The van der Waals surface area contributed by atoms with Crippen LogP contribution in [0.3, 0.4) is 0 Å². The minimum absolute atomic E-state index is 0.0819. The average Bonchev–Trinajstić information content (AvgIpc) is 3.06. The third-order valence-electron chi connectivity index (χ3n) is 3.85. The standard InChI is InChI=1S/C19H18O6/c1-2-3-4-12-9-18(20)25-17-10-13(5-7-15(12)17)23-11-14-6-8-16(24-14)19(21)22/h5-10H,2-4,11H2,1H3,(H,21,22). The first-order valence-corrected chi connectivity index (χ1v) is 8.08. The van der Waals surface area contributed by atoms with E-state index in [1.54, 1.807) is 18.2 Å². The Morgan fingerprint density at radius 3 is 2.72 bits per heavy atom. The molecule has 25 heavy (non-hydrogen) atoms. The summed E-state index contributed by atoms with van der Waals surface area (Å²) in [4.78, 5) is 22.5. The van der Waals surface area contributed by atoms with Crippen LogP contribution in [0, 0.1) is 0 Å². The Kier molecular flexibility index (Phi) is 4.88. The van der Waals surface area contributed by atoms with Gasteiger partial charge in [-0.05, 0) is 42.7 Å². The highest BCUT2D eigenvalue weighted by atomic mass is 16.5. The van der Waals surface area contributed by atoms with Gasteiger partial charge in [-0.2, -0.15) is 0 Å². The second kappa shape index (κ2) is 7.25. The fourth-order valence-corrected chi connectivity index (χ4v) is 2.60. The van der Waals surface area contributed by atoms with Crippen molar-refractivity contribution in [3.63, 3.8) is 0 Å². The predicted octanol–water partition coefficient (Wildman–Crippen LogP) is 4.01. The first-order valence-electron chi connectivity index (χ1n) is 8.08. The largest absolute Gasteiger partial charge is 0.486 e. The van der Waals surface area contributed by atoms with E-state index in [1.807, 2.05) is 6.07 Å². The Bertz CT molecular complexity index is 950. The second-order valence-corrected chi connectivity index (χ2v) is 5.71. The number of aryl methyl sites for hydroxylation is 1. The van der Waals surface area contributed by atoms with Crippen molar-refractivity contribution in [3.8, 4) is 5.75 Å². The third-order valence-corrected chi connectivity index (χ3v) is 3.85. The number of furan rings is 1. The summed E-state index contributed by atoms with van der Waals surface area (Å²) < 4.78 is 16.0. The molecule has 1 N–H and O–H groups in total. The molecule has 0 atom stereocenters. The number of carbonyl (C=O) groups is 1. The highest BCUT2D eigenvalue weighted by molar-refractivity contribution is 5.84. The topological polar surface area (TPSA) is 89.9 Å². The minimum atomic E-state index is -1.13. The Balaban J connectivity index is 1.80. The molecule has 130 valence electrons. The monoisotopic (exact) mass is 342 g/mol. The summed E-state index contributed by atoms with van der Waals surface area (Å²) in [5, 5.41) is 9.73. The molecule has 0 aliphatic heterocycles. The van der Waals surface area contributed by atoms with E-state index >= 15 is 0 Å². The van der Waals surface area contributed by atoms with Crippen molar-refractivity contribution in [1.29, 1.82) is 0 Å². The number of aromatic carboxylic acids is 1. The van der Waals surface area contributed by atoms with Gasteiger partial charge in [0.05, 0.1) is 0 Å². The molecular formula is C19H18O6. The van der Waals surface area contributed by atoms with Gasteiger partial charge in [0.2, 0.25) is 5.76 Å². The maximum atomic E-state index is 11.7. The van der Waals surface area contributed by atoms with E-state index in [0.29, 0.717) is 17.1 Å². The lowest BCUT2D eigenvalue weighted by molar-refractivity contribution is 0.0658. The van der Waals surface area contributed by atoms with Crippen LogP contribution in [0.15, 0.2) is 50.0 Å². The fraction of sp³-hybridized carbons (Fsp3) is 0.263. The molecule has 3 rings (SSSR count). The van der Waals surface area contributed by atoms with Gasteiger partial charge in [-0.3, -0.25) is 0 Å². The Hall–Kier alpha value is -3.02. The van der Waals surface area contributed by atoms with Crippen LogP contribution in [0.25, 0.3) is 11.0 Å². The molecule has 6 nitrogen and oxygen atoms in total. The number of hydrogen-bond donors (Lipinski definition) is 1. The highest BCUT2D eigenvalue weighted by Gasteiger charge is 2.10. The lowest BCUT2D eigenvalue weighted by Crippen LogP contribution is -2.01. The summed E-state index contributed by atoms with van der Waals surface area (Å²) in [7, 11) is 0. The molecule has 0 amide bonds. The lowest BCUT2D eigenvalue weighted by atomic mass is 10.0. The highest BCUT2D eigenvalue weighted by Crippen LogP contribution is 2.24. The van der Waals surface area contributed by atoms with Crippen molar-refractivity contribution in [2.24, 2.45) is 0 Å². The van der Waals surface area contributed by atoms with Crippen LogP contribution >= 0.6 is 0 Å². The number of rotatable bonds is 7. The summed E-state index contributed by atoms with van der Waals surface area (Å²) in [6.45, 7) is 2.18. The van der Waals surface area contributed by atoms with Gasteiger partial charge in [0, 0.05) is 17.5 Å². The molecule has 0 aliphatic rings. The molecule has 0 unspecified atom stereocenters. The average molecular weight is 342 g/mol. The number of hydrogen-bond acceptors (Lipinski definition) is 5. The van der Waals surface area contributed by atoms with Gasteiger partial charge in [-0.15, -0.1) is 0 Å². The lowest BCUT2D eigenvalue weighted by Gasteiger charge is -2.08. The van der Waals surface area contributed by atoms with Crippen molar-refractivity contribution < 1.29 is 23.5 Å². The van der Waals surface area contributed by atoms with Crippen LogP contribution in [0.1, 0.15) is 41.6 Å². The molecule has 0 fully saturated rings. The molecule has 1 aromatic carbocycles. The number of carboxylic acids is 1. The van der Waals surface area contributed by atoms with Crippen molar-refractivity contribution in [2.75, 3.05) is 0 Å². The Labute approximate surface area is 143 Å². The summed E-state index contributed by atoms with van der Waals surface area (Å²) in [5.74, 6) is -0.353. The van der Waals surface area contributed by atoms with E-state index in [4.69, 9.17) is 18.7 Å². The van der Waals surface area contributed by atoms with Crippen molar-refractivity contribution in [2.45, 2.75) is 32.8 Å². The zero-order chi connectivity index (χ0) is 17.8. The third kappa shape index (κ3) is 3.91. The quantitative estimate of drug-likeness (QED) is 0.653. The van der Waals surface area contributed by atoms with E-state index in [0.717, 1.165) is 30.2 Å². The molecule has 0 saturated heterocycles. The molecule has 6 heteroatoms. The second-order valence-electron chi connectivity index (χ2n) is 5.71. The predicted molar refractivity (Wildman–Crippen MR) is 91.1 cm³/mol. The SMILES string of the molecule is CCCCc1cc(=O)oc2cc(OCc3ccc(C(=O)O)o3)ccc12. The van der Waals surface area contributed by atoms with E-state index in [1.165, 1.54) is 12.1 Å². The van der Waals surface area contributed by atoms with Crippen LogP contribution in [-0.2, 0) is 13.0 Å². The molecule has 0 aliphatic carbocycles. The first-order chi connectivity index (χ1) is 12.1. The van der Waals surface area contributed by atoms with E-state index < -0.39 is 5.97 Å². The molecule has 0 saturated carbocycles. The van der Waals surface area contributed by atoms with Gasteiger partial charge in [0.1, 0.15) is 23.7 Å². The van der Waals surface area contributed by atoms with E-state index in [-0.39, 0.29) is 18.0 Å². The molecule has 0 radical (unpaired) electrons. The van der Waals surface area contributed by atoms with Gasteiger partial charge in [0.15, 0.2) is 0 Å². The van der Waals surface area contributed by atoms with E-state index in [2.05, 4.69) is 6.92 Å². The van der Waals surface area contributed by atoms with E-state index in [9.17, 15) is 9.59 Å². The summed E-state index contributed by atoms with van der Waals surface area (Å²) in [6, 6.07) is 9.78. The molecule has 2 heterocycles. The maximum Gasteiger partial charge on any atom is 0.371 e. The van der Waals surface area contributed by atoms with Gasteiger partial charge >= 0.3 is 11.6 Å². The van der Waals surface area contributed by atoms with Crippen molar-refractivity contribution in [3.05, 3.63) is 63.9 Å². The molecule has 2 aromatic heterocycles. The number of ether oxygens (including phenoxy) is 1. The van der Waals surface area contributed by atoms with Gasteiger partial charge in [-0.1, -0.05) is 13.3 Å². The summed E-state index contributed by atoms with van der Waals surface area (Å²) >= 11 is 0. The Morgan fingerprint density at radius 2 is 2.00 bits per heavy atom. The molecule has 0 spiro atoms. The molecule has 3 aromatic rings. The Morgan fingerprint density at radius 1 is 1.16 bits per heavy atom. The van der Waals surface area contributed by atoms with Crippen LogP contribution in [0.2, 0.25) is 0 Å². The number of carboxylic acid groups (broad SMARTS) is 1.